The van der Waals surface area contributed by atoms with Gasteiger partial charge in [0.2, 0.25) is 6.29 Å². The summed E-state index contributed by atoms with van der Waals surface area (Å²) in [6, 6.07) is 0. The number of carbonyl (C=O) groups is 1. The molecule has 23 heavy (non-hydrogen) atoms. The Morgan fingerprint density at radius 2 is 2.09 bits per heavy atom. The van der Waals surface area contributed by atoms with Crippen molar-refractivity contribution in [1.29, 1.82) is 0 Å². The number of aliphatic hydroxyl groups is 1. The predicted octanol–water partition coefficient (Wildman–Crippen LogP) is 4.37. The van der Waals surface area contributed by atoms with Crippen LogP contribution < -0.4 is 0 Å². The predicted molar refractivity (Wildman–Crippen MR) is 90.5 cm³/mol. The average molecular weight is 318 g/mol. The number of carbonyl (C=O) groups excluding carboxylic acids is 1. The van der Waals surface area contributed by atoms with Crippen LogP contribution in [-0.4, -0.2) is 17.4 Å². The van der Waals surface area contributed by atoms with Gasteiger partial charge in [0.1, 0.15) is 0 Å². The SMILES string of the molecule is C=C1CC[C@H]2C(C)(C)CCC[C@]2(C)[C@H]1CCC1=CC(O)OC1=O. The zero-order chi connectivity index (χ0) is 16.8. The Morgan fingerprint density at radius 1 is 1.35 bits per heavy atom. The zero-order valence-electron chi connectivity index (χ0n) is 14.7. The quantitative estimate of drug-likeness (QED) is 0.621. The molecule has 4 atom stereocenters. The van der Waals surface area contributed by atoms with Crippen molar-refractivity contribution in [3.05, 3.63) is 23.8 Å². The van der Waals surface area contributed by atoms with Crippen LogP contribution in [0.3, 0.4) is 0 Å². The largest absolute Gasteiger partial charge is 0.429 e. The Bertz CT molecular complexity index is 545. The van der Waals surface area contributed by atoms with Gasteiger partial charge in [-0.2, -0.15) is 0 Å². The van der Waals surface area contributed by atoms with Gasteiger partial charge in [-0.25, -0.2) is 4.79 Å². The number of rotatable bonds is 3. The lowest BCUT2D eigenvalue weighted by Crippen LogP contribution is -2.49. The van der Waals surface area contributed by atoms with Gasteiger partial charge < -0.3 is 9.84 Å². The van der Waals surface area contributed by atoms with Crippen molar-refractivity contribution in [2.24, 2.45) is 22.7 Å². The summed E-state index contributed by atoms with van der Waals surface area (Å²) in [6.45, 7) is 11.7. The maximum Gasteiger partial charge on any atom is 0.336 e. The molecule has 2 saturated carbocycles. The second-order valence-electron chi connectivity index (χ2n) is 8.68. The van der Waals surface area contributed by atoms with Crippen LogP contribution in [0.4, 0.5) is 0 Å². The average Bonchev–Trinajstić information content (AvgIpc) is 2.75. The maximum absolute atomic E-state index is 11.7. The van der Waals surface area contributed by atoms with E-state index in [-0.39, 0.29) is 5.97 Å². The first kappa shape index (κ1) is 16.8. The number of fused-ring (bicyclic) bond motifs is 1. The highest BCUT2D eigenvalue weighted by atomic mass is 16.6. The van der Waals surface area contributed by atoms with Gasteiger partial charge in [0.25, 0.3) is 0 Å². The fraction of sp³-hybridized carbons (Fsp3) is 0.750. The third-order valence-electron chi connectivity index (χ3n) is 6.85. The summed E-state index contributed by atoms with van der Waals surface area (Å²) >= 11 is 0. The summed E-state index contributed by atoms with van der Waals surface area (Å²) in [5, 5.41) is 9.43. The molecule has 2 fully saturated rings. The summed E-state index contributed by atoms with van der Waals surface area (Å²) in [6.07, 6.45) is 8.35. The van der Waals surface area contributed by atoms with Gasteiger partial charge in [0.15, 0.2) is 0 Å². The van der Waals surface area contributed by atoms with Crippen molar-refractivity contribution in [3.8, 4) is 0 Å². The molecule has 0 radical (unpaired) electrons. The van der Waals surface area contributed by atoms with Crippen LogP contribution in [0.15, 0.2) is 23.8 Å². The number of allylic oxidation sites excluding steroid dienone is 1. The van der Waals surface area contributed by atoms with Crippen LogP contribution in [-0.2, 0) is 9.53 Å². The van der Waals surface area contributed by atoms with E-state index in [1.807, 2.05) is 0 Å². The number of cyclic esters (lactones) is 1. The molecule has 1 N–H and O–H groups in total. The van der Waals surface area contributed by atoms with Crippen molar-refractivity contribution in [1.82, 2.24) is 0 Å². The third-order valence-corrected chi connectivity index (χ3v) is 6.85. The number of aliphatic hydroxyl groups excluding tert-OH is 1. The smallest absolute Gasteiger partial charge is 0.336 e. The Balaban J connectivity index is 1.78. The van der Waals surface area contributed by atoms with Gasteiger partial charge in [0.05, 0.1) is 0 Å². The molecule has 3 aliphatic rings. The maximum atomic E-state index is 11.7. The van der Waals surface area contributed by atoms with Crippen LogP contribution in [0, 0.1) is 22.7 Å². The van der Waals surface area contributed by atoms with Crippen LogP contribution in [0.5, 0.6) is 0 Å². The molecule has 1 aliphatic heterocycles. The highest BCUT2D eigenvalue weighted by molar-refractivity contribution is 5.90. The molecule has 1 unspecified atom stereocenters. The molecule has 3 rings (SSSR count). The van der Waals surface area contributed by atoms with Crippen LogP contribution >= 0.6 is 0 Å². The molecular weight excluding hydrogens is 288 g/mol. The second-order valence-corrected chi connectivity index (χ2v) is 8.68. The first-order valence-electron chi connectivity index (χ1n) is 9.01. The molecule has 0 bridgehead atoms. The highest BCUT2D eigenvalue weighted by Gasteiger charge is 2.52. The van der Waals surface area contributed by atoms with Crippen LogP contribution in [0.1, 0.15) is 65.7 Å². The molecule has 128 valence electrons. The van der Waals surface area contributed by atoms with Gasteiger partial charge in [0, 0.05) is 5.57 Å². The lowest BCUT2D eigenvalue weighted by atomic mass is 9.47. The molecule has 0 aromatic carbocycles. The minimum absolute atomic E-state index is 0.290. The molecule has 0 spiro atoms. The molecule has 0 aromatic rings. The van der Waals surface area contributed by atoms with Gasteiger partial charge >= 0.3 is 5.97 Å². The Labute approximate surface area is 139 Å². The summed E-state index contributed by atoms with van der Waals surface area (Å²) in [5.41, 5.74) is 2.67. The molecule has 0 saturated heterocycles. The van der Waals surface area contributed by atoms with Gasteiger partial charge in [-0.05, 0) is 67.3 Å². The lowest BCUT2D eigenvalue weighted by molar-refractivity contribution is -0.151. The van der Waals surface area contributed by atoms with E-state index in [9.17, 15) is 9.90 Å². The zero-order valence-corrected chi connectivity index (χ0v) is 14.7. The number of hydrogen-bond acceptors (Lipinski definition) is 3. The van der Waals surface area contributed by atoms with Crippen molar-refractivity contribution < 1.29 is 14.6 Å². The monoisotopic (exact) mass is 318 g/mol. The van der Waals surface area contributed by atoms with Crippen LogP contribution in [0.2, 0.25) is 0 Å². The van der Waals surface area contributed by atoms with Crippen molar-refractivity contribution in [2.75, 3.05) is 0 Å². The minimum Gasteiger partial charge on any atom is -0.429 e. The van der Waals surface area contributed by atoms with Gasteiger partial charge in [-0.3, -0.25) is 0 Å². The first-order chi connectivity index (χ1) is 10.7. The number of hydrogen-bond donors (Lipinski definition) is 1. The molecular formula is C20H30O3. The van der Waals surface area contributed by atoms with E-state index in [4.69, 9.17) is 4.74 Å². The number of esters is 1. The fourth-order valence-corrected chi connectivity index (χ4v) is 5.75. The summed E-state index contributed by atoms with van der Waals surface area (Å²) < 4.78 is 4.81. The number of ether oxygens (including phenoxy) is 1. The summed E-state index contributed by atoms with van der Waals surface area (Å²) in [5.74, 6) is 0.839. The van der Waals surface area contributed by atoms with Crippen molar-refractivity contribution in [2.45, 2.75) is 72.0 Å². The van der Waals surface area contributed by atoms with Gasteiger partial charge in [-0.1, -0.05) is 39.3 Å². The molecule has 1 heterocycles. The minimum atomic E-state index is -1.05. The normalized spacial score (nSPS) is 39.7. The Hall–Kier alpha value is -1.09. The second kappa shape index (κ2) is 5.77. The van der Waals surface area contributed by atoms with E-state index in [0.717, 1.165) is 18.8 Å². The third kappa shape index (κ3) is 2.88. The first-order valence-corrected chi connectivity index (χ1v) is 9.01. The van der Waals surface area contributed by atoms with Crippen molar-refractivity contribution in [3.63, 3.8) is 0 Å². The fourth-order valence-electron chi connectivity index (χ4n) is 5.75. The van der Waals surface area contributed by atoms with E-state index in [1.54, 1.807) is 6.08 Å². The Morgan fingerprint density at radius 3 is 2.74 bits per heavy atom. The molecule has 2 aliphatic carbocycles. The van der Waals surface area contributed by atoms with Gasteiger partial charge in [-0.15, -0.1) is 0 Å². The van der Waals surface area contributed by atoms with E-state index in [0.29, 0.717) is 28.7 Å². The molecule has 3 heteroatoms. The summed E-state index contributed by atoms with van der Waals surface area (Å²) in [7, 11) is 0. The topological polar surface area (TPSA) is 46.5 Å². The standard InChI is InChI=1S/C20H30O3/c1-13-6-9-16-19(2,3)10-5-11-20(16,4)15(13)8-7-14-12-17(21)23-18(14)22/h12,15-17,21H,1,5-11H2,2-4H3/t15-,16-,17?,20+/m0/s1. The molecule has 3 nitrogen and oxygen atoms in total. The van der Waals surface area contributed by atoms with E-state index < -0.39 is 6.29 Å². The van der Waals surface area contributed by atoms with Crippen LogP contribution in [0.25, 0.3) is 0 Å². The van der Waals surface area contributed by atoms with E-state index >= 15 is 0 Å². The summed E-state index contributed by atoms with van der Waals surface area (Å²) in [4.78, 5) is 11.7. The molecule has 0 amide bonds. The highest BCUT2D eigenvalue weighted by Crippen LogP contribution is 2.61. The lowest BCUT2D eigenvalue weighted by Gasteiger charge is -2.58. The molecule has 0 aromatic heterocycles. The van der Waals surface area contributed by atoms with E-state index in [2.05, 4.69) is 27.4 Å². The Kier molecular flexibility index (Phi) is 4.20. The van der Waals surface area contributed by atoms with Crippen molar-refractivity contribution >= 4 is 5.97 Å². The van der Waals surface area contributed by atoms with E-state index in [1.165, 1.54) is 31.3 Å².